The van der Waals surface area contributed by atoms with Gasteiger partial charge in [-0.15, -0.1) is 0 Å². The average molecular weight is 431 g/mol. The Morgan fingerprint density at radius 2 is 1.81 bits per heavy atom. The first-order valence-electron chi connectivity index (χ1n) is 8.47. The summed E-state index contributed by atoms with van der Waals surface area (Å²) in [5, 5.41) is 2.74. The molecule has 1 aromatic rings. The lowest BCUT2D eigenvalue weighted by molar-refractivity contribution is -0.133. The van der Waals surface area contributed by atoms with Crippen LogP contribution in [0.25, 0.3) is 0 Å². The second-order valence-corrected chi connectivity index (χ2v) is 7.91. The molecule has 0 aromatic heterocycles. The zero-order valence-corrected chi connectivity index (χ0v) is 17.3. The second-order valence-electron chi connectivity index (χ2n) is 6.64. The second kappa shape index (κ2) is 9.08. The Morgan fingerprint density at radius 3 is 2.37 bits per heavy atom. The van der Waals surface area contributed by atoms with E-state index in [-0.39, 0.29) is 41.0 Å². The van der Waals surface area contributed by atoms with Gasteiger partial charge in [0.05, 0.1) is 22.2 Å². The largest absolute Gasteiger partial charge is 0.335 e. The number of benzene rings is 1. The van der Waals surface area contributed by atoms with Crippen molar-refractivity contribution in [1.82, 2.24) is 9.62 Å². The maximum absolute atomic E-state index is 12.9. The van der Waals surface area contributed by atoms with Crippen LogP contribution in [0.3, 0.4) is 0 Å². The first-order chi connectivity index (χ1) is 12.6. The highest BCUT2D eigenvalue weighted by Crippen LogP contribution is 2.33. The van der Waals surface area contributed by atoms with Crippen molar-refractivity contribution < 1.29 is 19.2 Å². The van der Waals surface area contributed by atoms with Gasteiger partial charge >= 0.3 is 6.03 Å². The van der Waals surface area contributed by atoms with Gasteiger partial charge in [0.15, 0.2) is 17.3 Å². The number of rotatable bonds is 5. The Hall–Kier alpha value is -1.57. The fraction of sp³-hybridized carbons (Fsp3) is 0.444. The Labute approximate surface area is 173 Å². The van der Waals surface area contributed by atoms with E-state index in [1.807, 2.05) is 13.8 Å². The van der Waals surface area contributed by atoms with Crippen molar-refractivity contribution in [1.29, 1.82) is 0 Å². The zero-order chi connectivity index (χ0) is 20.3. The summed E-state index contributed by atoms with van der Waals surface area (Å²) in [4.78, 5) is 49.0. The van der Waals surface area contributed by atoms with E-state index in [2.05, 4.69) is 18.1 Å². The quantitative estimate of drug-likeness (QED) is 0.421. The van der Waals surface area contributed by atoms with Gasteiger partial charge in [-0.3, -0.25) is 18.7 Å². The number of hydrogen-bond acceptors (Lipinski definition) is 5. The van der Waals surface area contributed by atoms with Crippen LogP contribution in [0.4, 0.5) is 4.79 Å². The summed E-state index contributed by atoms with van der Waals surface area (Å²) in [5.74, 6) is -2.89. The highest BCUT2D eigenvalue weighted by atomic mass is 35.5. The minimum Gasteiger partial charge on any atom is -0.335 e. The summed E-state index contributed by atoms with van der Waals surface area (Å²) in [7, 11) is 0. The minimum atomic E-state index is -1.36. The predicted molar refractivity (Wildman–Crippen MR) is 106 cm³/mol. The molecule has 0 spiro atoms. The number of carbonyl (C=O) groups excluding carboxylic acids is 4. The third kappa shape index (κ3) is 5.03. The molecule has 9 heteroatoms. The molecule has 27 heavy (non-hydrogen) atoms. The van der Waals surface area contributed by atoms with Crippen LogP contribution in [0.1, 0.15) is 49.0 Å². The van der Waals surface area contributed by atoms with Crippen molar-refractivity contribution in [2.75, 3.05) is 0 Å². The van der Waals surface area contributed by atoms with E-state index < -0.39 is 29.3 Å². The first kappa shape index (κ1) is 21.7. The van der Waals surface area contributed by atoms with Crippen LogP contribution < -0.4 is 5.32 Å². The third-order valence-corrected chi connectivity index (χ3v) is 5.21. The fourth-order valence-corrected chi connectivity index (χ4v) is 3.67. The summed E-state index contributed by atoms with van der Waals surface area (Å²) in [6.45, 7) is 3.62. The van der Waals surface area contributed by atoms with Crippen molar-refractivity contribution in [3.63, 3.8) is 0 Å². The normalized spacial score (nSPS) is 15.2. The van der Waals surface area contributed by atoms with Gasteiger partial charge in [0.25, 0.3) is 0 Å². The summed E-state index contributed by atoms with van der Waals surface area (Å²) in [5.41, 5.74) is 0.351. The van der Waals surface area contributed by atoms with Gasteiger partial charge in [-0.25, -0.2) is 4.79 Å². The molecule has 1 N–H and O–H groups in total. The third-order valence-electron chi connectivity index (χ3n) is 4.14. The Kier molecular flexibility index (Phi) is 7.31. The fourth-order valence-electron chi connectivity index (χ4n) is 2.84. The standard InChI is InChI=1S/C18H20Cl2N2O4S/c1-9(2)21-18(26)22(27)8-10-6-7-11(19)14(16(10)20)17(25)15-12(23)4-3-5-13(15)24/h6-7,9,15,27H,3-5,8H2,1-2H3,(H,21,26). The number of hydrogen-bond donors (Lipinski definition) is 2. The molecule has 1 saturated carbocycles. The van der Waals surface area contributed by atoms with Crippen molar-refractivity contribution in [3.8, 4) is 0 Å². The van der Waals surface area contributed by atoms with Crippen molar-refractivity contribution in [3.05, 3.63) is 33.3 Å². The van der Waals surface area contributed by atoms with E-state index >= 15 is 0 Å². The summed E-state index contributed by atoms with van der Waals surface area (Å²) in [6, 6.07) is 2.52. The van der Waals surface area contributed by atoms with Crippen LogP contribution in [0, 0.1) is 5.92 Å². The molecule has 2 rings (SSSR count). The number of nitrogens with one attached hydrogen (secondary N) is 1. The number of urea groups is 1. The molecule has 0 unspecified atom stereocenters. The Bertz CT molecular complexity index is 782. The molecule has 0 heterocycles. The molecule has 1 aliphatic carbocycles. The lowest BCUT2D eigenvalue weighted by atomic mass is 9.81. The SMILES string of the molecule is CC(C)NC(=O)N(S)Cc1ccc(Cl)c(C(=O)C2C(=O)CCCC2=O)c1Cl. The molecule has 0 saturated heterocycles. The molecule has 0 atom stereocenters. The first-order valence-corrected chi connectivity index (χ1v) is 9.62. The molecular weight excluding hydrogens is 411 g/mol. The van der Waals surface area contributed by atoms with Crippen molar-refractivity contribution in [2.24, 2.45) is 5.92 Å². The van der Waals surface area contributed by atoms with Gasteiger partial charge in [0, 0.05) is 18.9 Å². The number of nitrogens with zero attached hydrogens (tertiary/aromatic N) is 1. The van der Waals surface area contributed by atoms with Gasteiger partial charge in [0.1, 0.15) is 5.92 Å². The monoisotopic (exact) mass is 430 g/mol. The van der Waals surface area contributed by atoms with E-state index in [4.69, 9.17) is 23.2 Å². The Morgan fingerprint density at radius 1 is 1.22 bits per heavy atom. The summed E-state index contributed by atoms with van der Waals surface area (Å²) in [6.07, 6.45) is 0.802. The van der Waals surface area contributed by atoms with Crippen LogP contribution in [0.15, 0.2) is 12.1 Å². The van der Waals surface area contributed by atoms with E-state index in [1.165, 1.54) is 6.07 Å². The topological polar surface area (TPSA) is 83.6 Å². The van der Waals surface area contributed by atoms with Gasteiger partial charge in [-0.2, -0.15) is 0 Å². The van der Waals surface area contributed by atoms with Gasteiger partial charge < -0.3 is 5.32 Å². The number of thiol groups is 1. The van der Waals surface area contributed by atoms with Crippen LogP contribution in [0.5, 0.6) is 0 Å². The van der Waals surface area contributed by atoms with Crippen LogP contribution >= 0.6 is 36.0 Å². The van der Waals surface area contributed by atoms with Crippen molar-refractivity contribution >= 4 is 59.4 Å². The molecular formula is C18H20Cl2N2O4S. The van der Waals surface area contributed by atoms with Crippen LogP contribution in [-0.2, 0) is 16.1 Å². The van der Waals surface area contributed by atoms with Gasteiger partial charge in [-0.1, -0.05) is 42.1 Å². The van der Waals surface area contributed by atoms with Crippen LogP contribution in [-0.4, -0.2) is 33.7 Å². The van der Waals surface area contributed by atoms with Crippen molar-refractivity contribution in [2.45, 2.75) is 45.7 Å². The van der Waals surface area contributed by atoms with E-state index in [0.717, 1.165) is 4.31 Å². The molecule has 146 valence electrons. The number of ketones is 3. The molecule has 0 aliphatic heterocycles. The zero-order valence-electron chi connectivity index (χ0n) is 14.9. The maximum Gasteiger partial charge on any atom is 0.327 e. The highest BCUT2D eigenvalue weighted by molar-refractivity contribution is 7.78. The maximum atomic E-state index is 12.9. The van der Waals surface area contributed by atoms with Gasteiger partial charge in [-0.05, 0) is 31.9 Å². The number of Topliss-reactive ketones (excluding diaryl/α,β-unsaturated/α-hetero) is 3. The number of carbonyl (C=O) groups is 4. The molecule has 2 amide bonds. The predicted octanol–water partition coefficient (Wildman–Crippen LogP) is 3.88. The Balaban J connectivity index is 2.32. The summed E-state index contributed by atoms with van der Waals surface area (Å²) >= 11 is 16.6. The van der Waals surface area contributed by atoms with Gasteiger partial charge in [0.2, 0.25) is 0 Å². The van der Waals surface area contributed by atoms with E-state index in [9.17, 15) is 19.2 Å². The lowest BCUT2D eigenvalue weighted by Crippen LogP contribution is -2.38. The molecule has 1 aromatic carbocycles. The van der Waals surface area contributed by atoms with E-state index in [1.54, 1.807) is 6.07 Å². The van der Waals surface area contributed by atoms with Crippen LogP contribution in [0.2, 0.25) is 10.0 Å². The number of amides is 2. The molecule has 0 radical (unpaired) electrons. The number of halogens is 2. The molecule has 0 bridgehead atoms. The highest BCUT2D eigenvalue weighted by Gasteiger charge is 2.38. The molecule has 1 aliphatic rings. The minimum absolute atomic E-state index is 0.00447. The average Bonchev–Trinajstić information content (AvgIpc) is 2.56. The molecule has 1 fully saturated rings. The summed E-state index contributed by atoms with van der Waals surface area (Å²) < 4.78 is 1.11. The van der Waals surface area contributed by atoms with E-state index in [0.29, 0.717) is 12.0 Å². The lowest BCUT2D eigenvalue weighted by Gasteiger charge is -2.22. The smallest absolute Gasteiger partial charge is 0.327 e. The molecule has 6 nitrogen and oxygen atoms in total.